The first-order chi connectivity index (χ1) is 14.4. The van der Waals surface area contributed by atoms with E-state index in [9.17, 15) is 20.0 Å². The third kappa shape index (κ3) is 4.51. The van der Waals surface area contributed by atoms with E-state index in [0.717, 1.165) is 5.56 Å². The molecule has 3 rings (SSSR count). The molecule has 0 aliphatic carbocycles. The molecule has 1 heterocycles. The van der Waals surface area contributed by atoms with Gasteiger partial charge in [0.15, 0.2) is 0 Å². The molecular weight excluding hydrogens is 402 g/mol. The summed E-state index contributed by atoms with van der Waals surface area (Å²) >= 11 is 1.28. The number of carboxylic acids is 1. The smallest absolute Gasteiger partial charge is 0.335 e. The van der Waals surface area contributed by atoms with E-state index in [0.29, 0.717) is 27.5 Å². The predicted molar refractivity (Wildman–Crippen MR) is 115 cm³/mol. The first-order valence-electron chi connectivity index (χ1n) is 8.69. The van der Waals surface area contributed by atoms with Crippen LogP contribution in [0.2, 0.25) is 0 Å². The third-order valence-electron chi connectivity index (χ3n) is 4.29. The van der Waals surface area contributed by atoms with Crippen molar-refractivity contribution in [3.63, 3.8) is 0 Å². The van der Waals surface area contributed by atoms with Gasteiger partial charge in [-0.15, -0.1) is 11.8 Å². The van der Waals surface area contributed by atoms with Crippen molar-refractivity contribution in [1.29, 1.82) is 5.26 Å². The van der Waals surface area contributed by atoms with Gasteiger partial charge in [0.1, 0.15) is 11.9 Å². The standard InChI is InChI=1S/C21H17N5O3S/c22-10-17-16(13-4-2-6-15(8-13)21(28)29)9-18(27)25-20(17)30-11-12-3-1-5-14(7-12)19(23)26-24/h1-9H,11,24H2,(H2,23,26)(H,25,27)(H,28,29). The number of carbonyl (C=O) groups is 1. The van der Waals surface area contributed by atoms with Crippen LogP contribution in [0.3, 0.4) is 0 Å². The Kier molecular flexibility index (Phi) is 6.20. The minimum Gasteiger partial charge on any atom is -0.478 e. The molecule has 3 aromatic rings. The Hall–Kier alpha value is -4.03. The molecule has 0 spiro atoms. The van der Waals surface area contributed by atoms with Crippen LogP contribution in [0, 0.1) is 11.3 Å². The number of thioether (sulfide) groups is 1. The normalized spacial score (nSPS) is 11.1. The van der Waals surface area contributed by atoms with E-state index in [-0.39, 0.29) is 22.5 Å². The van der Waals surface area contributed by atoms with Gasteiger partial charge in [-0.05, 0) is 29.3 Å². The minimum atomic E-state index is -1.09. The number of nitrogens with zero attached hydrogens (tertiary/aromatic N) is 2. The van der Waals surface area contributed by atoms with E-state index >= 15 is 0 Å². The van der Waals surface area contributed by atoms with Gasteiger partial charge in [-0.1, -0.05) is 30.3 Å². The van der Waals surface area contributed by atoms with E-state index < -0.39 is 5.97 Å². The summed E-state index contributed by atoms with van der Waals surface area (Å²) in [6.45, 7) is 0. The van der Waals surface area contributed by atoms with Crippen LogP contribution in [0.4, 0.5) is 0 Å². The van der Waals surface area contributed by atoms with Gasteiger partial charge in [-0.25, -0.2) is 4.79 Å². The number of hydrogen-bond acceptors (Lipinski definition) is 6. The average molecular weight is 419 g/mol. The number of hydrogen-bond donors (Lipinski definition) is 4. The number of carboxylic acid groups (broad SMARTS) is 1. The highest BCUT2D eigenvalue weighted by Gasteiger charge is 2.15. The topological polar surface area (TPSA) is 158 Å². The maximum atomic E-state index is 12.2. The number of nitriles is 1. The van der Waals surface area contributed by atoms with E-state index in [4.69, 9.17) is 11.6 Å². The number of aromatic nitrogens is 1. The van der Waals surface area contributed by atoms with Gasteiger partial charge >= 0.3 is 5.97 Å². The molecule has 1 aromatic heterocycles. The van der Waals surface area contributed by atoms with Crippen molar-refractivity contribution in [3.05, 3.63) is 87.2 Å². The number of rotatable bonds is 6. The van der Waals surface area contributed by atoms with Crippen molar-refractivity contribution in [3.8, 4) is 17.2 Å². The molecule has 0 aliphatic rings. The molecule has 150 valence electrons. The highest BCUT2D eigenvalue weighted by molar-refractivity contribution is 7.98. The van der Waals surface area contributed by atoms with Crippen LogP contribution in [-0.2, 0) is 5.75 Å². The Labute approximate surface area is 175 Å². The monoisotopic (exact) mass is 419 g/mol. The van der Waals surface area contributed by atoms with Gasteiger partial charge in [-0.3, -0.25) is 4.79 Å². The first-order valence-corrected chi connectivity index (χ1v) is 9.68. The van der Waals surface area contributed by atoms with Crippen molar-refractivity contribution in [1.82, 2.24) is 4.98 Å². The third-order valence-corrected chi connectivity index (χ3v) is 5.36. The van der Waals surface area contributed by atoms with E-state index in [1.165, 1.54) is 30.0 Å². The second-order valence-corrected chi connectivity index (χ2v) is 7.24. The number of H-pyrrole nitrogens is 1. The lowest BCUT2D eigenvalue weighted by atomic mass is 10.0. The van der Waals surface area contributed by atoms with Crippen molar-refractivity contribution in [2.45, 2.75) is 10.8 Å². The largest absolute Gasteiger partial charge is 0.478 e. The molecule has 0 bridgehead atoms. The SMILES string of the molecule is N#Cc1c(-c2cccc(C(=O)O)c2)cc(=O)[nH]c1SCc1cccc(/C(N)=N/N)c1. The maximum absolute atomic E-state index is 12.2. The van der Waals surface area contributed by atoms with Gasteiger partial charge in [0.05, 0.1) is 16.2 Å². The van der Waals surface area contributed by atoms with Crippen molar-refractivity contribution in [2.75, 3.05) is 0 Å². The molecule has 0 amide bonds. The molecule has 0 atom stereocenters. The van der Waals surface area contributed by atoms with Crippen LogP contribution in [0.25, 0.3) is 11.1 Å². The number of pyridine rings is 1. The minimum absolute atomic E-state index is 0.0712. The summed E-state index contributed by atoms with van der Waals surface area (Å²) in [5.41, 5.74) is 8.11. The Bertz CT molecular complexity index is 1240. The summed E-state index contributed by atoms with van der Waals surface area (Å²) in [5.74, 6) is 4.79. The Balaban J connectivity index is 1.97. The number of nitrogens with one attached hydrogen (secondary N) is 1. The van der Waals surface area contributed by atoms with Gasteiger partial charge in [0, 0.05) is 22.9 Å². The molecule has 30 heavy (non-hydrogen) atoms. The number of benzene rings is 2. The van der Waals surface area contributed by atoms with Crippen LogP contribution in [0.15, 0.2) is 69.5 Å². The zero-order valence-corrected chi connectivity index (χ0v) is 16.4. The second-order valence-electron chi connectivity index (χ2n) is 6.25. The molecule has 0 unspecified atom stereocenters. The van der Waals surface area contributed by atoms with E-state index in [1.54, 1.807) is 18.2 Å². The lowest BCUT2D eigenvalue weighted by molar-refractivity contribution is 0.0697. The molecule has 0 aliphatic heterocycles. The zero-order valence-electron chi connectivity index (χ0n) is 15.6. The fourth-order valence-corrected chi connectivity index (χ4v) is 3.82. The van der Waals surface area contributed by atoms with Gasteiger partial charge in [0.25, 0.3) is 0 Å². The molecule has 0 saturated carbocycles. The first kappa shape index (κ1) is 20.7. The summed E-state index contributed by atoms with van der Waals surface area (Å²) in [7, 11) is 0. The molecule has 0 saturated heterocycles. The van der Waals surface area contributed by atoms with Crippen LogP contribution >= 0.6 is 11.8 Å². The lowest BCUT2D eigenvalue weighted by Gasteiger charge is -2.10. The molecule has 0 fully saturated rings. The maximum Gasteiger partial charge on any atom is 0.335 e. The van der Waals surface area contributed by atoms with Crippen molar-refractivity contribution < 1.29 is 9.90 Å². The van der Waals surface area contributed by atoms with Crippen molar-refractivity contribution >= 4 is 23.6 Å². The van der Waals surface area contributed by atoms with Crippen LogP contribution in [-0.4, -0.2) is 21.9 Å². The molecule has 2 aromatic carbocycles. The quantitative estimate of drug-likeness (QED) is 0.157. The van der Waals surface area contributed by atoms with Gasteiger partial charge in [0.2, 0.25) is 5.56 Å². The summed E-state index contributed by atoms with van der Waals surface area (Å²) in [4.78, 5) is 26.2. The predicted octanol–water partition coefficient (Wildman–Crippen LogP) is 2.48. The van der Waals surface area contributed by atoms with E-state index in [1.807, 2.05) is 18.2 Å². The summed E-state index contributed by atoms with van der Waals surface area (Å²) in [6.07, 6.45) is 0. The fourth-order valence-electron chi connectivity index (χ4n) is 2.85. The summed E-state index contributed by atoms with van der Waals surface area (Å²) in [6, 6.07) is 16.8. The summed E-state index contributed by atoms with van der Waals surface area (Å²) < 4.78 is 0. The zero-order chi connectivity index (χ0) is 21.7. The number of aromatic carboxylic acids is 1. The molecule has 0 radical (unpaired) electrons. The van der Waals surface area contributed by atoms with Crippen LogP contribution in [0.1, 0.15) is 27.0 Å². The number of amidine groups is 1. The summed E-state index contributed by atoms with van der Waals surface area (Å²) in [5, 5.41) is 22.8. The van der Waals surface area contributed by atoms with Crippen molar-refractivity contribution in [2.24, 2.45) is 16.7 Å². The van der Waals surface area contributed by atoms with E-state index in [2.05, 4.69) is 16.2 Å². The van der Waals surface area contributed by atoms with Crippen LogP contribution < -0.4 is 17.1 Å². The highest BCUT2D eigenvalue weighted by Crippen LogP contribution is 2.31. The Morgan fingerprint density at radius 3 is 2.60 bits per heavy atom. The molecular formula is C21H17N5O3S. The lowest BCUT2D eigenvalue weighted by Crippen LogP contribution is -2.15. The Morgan fingerprint density at radius 2 is 1.90 bits per heavy atom. The Morgan fingerprint density at radius 1 is 1.17 bits per heavy atom. The molecule has 8 nitrogen and oxygen atoms in total. The highest BCUT2D eigenvalue weighted by atomic mass is 32.2. The average Bonchev–Trinajstić information content (AvgIpc) is 2.77. The van der Waals surface area contributed by atoms with Gasteiger partial charge in [-0.2, -0.15) is 10.4 Å². The molecule has 6 N–H and O–H groups in total. The molecule has 9 heteroatoms. The number of hydrazone groups is 1. The second kappa shape index (κ2) is 8.98. The number of nitrogens with two attached hydrogens (primary N) is 2. The fraction of sp³-hybridized carbons (Fsp3) is 0.0476. The van der Waals surface area contributed by atoms with Crippen LogP contribution in [0.5, 0.6) is 0 Å². The number of aromatic amines is 1. The van der Waals surface area contributed by atoms with Gasteiger partial charge < -0.3 is 21.7 Å².